The summed E-state index contributed by atoms with van der Waals surface area (Å²) in [5.74, 6) is 1.41. The van der Waals surface area contributed by atoms with Gasteiger partial charge in [-0.05, 0) is 144 Å². The first-order chi connectivity index (χ1) is 52.8. The maximum atomic E-state index is 12.3. The number of carbonyl (C=O) groups is 6. The van der Waals surface area contributed by atoms with E-state index in [4.69, 9.17) is 42.6 Å². The summed E-state index contributed by atoms with van der Waals surface area (Å²) in [4.78, 5) is 103. The van der Waals surface area contributed by atoms with Gasteiger partial charge in [0.2, 0.25) is 6.73 Å². The van der Waals surface area contributed by atoms with Crippen molar-refractivity contribution in [2.75, 3.05) is 4.61 Å². The summed E-state index contributed by atoms with van der Waals surface area (Å²) < 4.78 is 47.0. The molecule has 0 spiro atoms. The van der Waals surface area contributed by atoms with Crippen molar-refractivity contribution in [3.05, 3.63) is 318 Å². The number of aromatic nitrogens is 12. The number of hydrogen-bond donors (Lipinski definition) is 1. The standard InChI is InChI=1S/2C24H19N5O7.C16H12INO7.C8H8N4/c30-23(34-16-28-22(25-26-27-28)14-17-4-2-1-3-5-17)15-18-6-10-20(11-7-18)35-24(31)36-21-12-8-19(9-13-21)29(32)33;30-23(34-16-28-26-22(25-27-28)14-17-4-2-1-3-5-17)15-18-6-10-20(11-7-18)35-24(31)36-21-12-8-19(9-13-21)29(32)33;17-10-23-15(19)9-11-1-5-13(6-2-11)24-16(20)25-14-7-3-12(4-8-14)18(21)22;1-2-4-7(5-3-1)6-8-9-11-12-10-8/h2*1-13H,14-16H2;1-8H,9-10H2;1-5H,6H2,(H,9,10,11,12). The molecule has 0 fully saturated rings. The van der Waals surface area contributed by atoms with Crippen LogP contribution in [0.5, 0.6) is 34.5 Å². The van der Waals surface area contributed by atoms with Crippen LogP contribution >= 0.6 is 22.6 Å². The zero-order chi connectivity index (χ0) is 77.1. The van der Waals surface area contributed by atoms with E-state index in [-0.39, 0.29) is 94.9 Å². The van der Waals surface area contributed by atoms with Gasteiger partial charge in [0.1, 0.15) is 39.1 Å². The highest BCUT2D eigenvalue weighted by molar-refractivity contribution is 14.1. The van der Waals surface area contributed by atoms with Gasteiger partial charge in [-0.25, -0.2) is 14.4 Å². The zero-order valence-electron chi connectivity index (χ0n) is 56.6. The van der Waals surface area contributed by atoms with Gasteiger partial charge in [-0.15, -0.1) is 30.3 Å². The van der Waals surface area contributed by atoms with E-state index >= 15 is 0 Å². The van der Waals surface area contributed by atoms with E-state index in [9.17, 15) is 59.1 Å². The summed E-state index contributed by atoms with van der Waals surface area (Å²) in [5.41, 5.74) is 4.87. The Bertz CT molecular complexity index is 4960. The molecule has 0 bridgehead atoms. The smallest absolute Gasteiger partial charge is 0.455 e. The van der Waals surface area contributed by atoms with Crippen LogP contribution < -0.4 is 28.4 Å². The largest absolute Gasteiger partial charge is 0.519 e. The highest BCUT2D eigenvalue weighted by atomic mass is 127. The molecule has 3 aromatic heterocycles. The van der Waals surface area contributed by atoms with Crippen molar-refractivity contribution in [1.82, 2.24) is 61.0 Å². The third-order valence-corrected chi connectivity index (χ3v) is 14.5. The first-order valence-corrected chi connectivity index (χ1v) is 33.4. The van der Waals surface area contributed by atoms with E-state index < -0.39 is 45.2 Å². The molecule has 12 rings (SSSR count). The SMILES string of the molecule is O=C(Cc1ccc(OC(=O)Oc2ccc([N+](=O)[O-])cc2)cc1)OCI.O=C(Cc1ccc(OC(=O)Oc2ccc([N+](=O)[O-])cc2)cc1)OCn1nnc(Cc2ccccc2)n1.O=C(Cc1ccc(OC(=O)Oc2ccc([N+](=O)[O-])cc2)cc1)OCn1nnnc1Cc1ccccc1.c1ccc(Cc2nn[nH]n2)cc1. The summed E-state index contributed by atoms with van der Waals surface area (Å²) in [5, 5.41) is 69.0. The van der Waals surface area contributed by atoms with Crippen LogP contribution in [-0.2, 0) is 80.6 Å². The molecule has 0 saturated carbocycles. The number of nitro groups is 3. The average Bonchev–Trinajstić information content (AvgIpc) is 1.30. The number of non-ortho nitro benzene ring substituents is 3. The summed E-state index contributed by atoms with van der Waals surface area (Å²) in [6, 6.07) is 63.1. The number of nitro benzene ring substituents is 3. The van der Waals surface area contributed by atoms with Crippen LogP contribution in [0, 0.1) is 30.3 Å². The van der Waals surface area contributed by atoms with E-state index in [0.717, 1.165) is 23.4 Å². The number of ether oxygens (including phenoxy) is 9. The van der Waals surface area contributed by atoms with Gasteiger partial charge < -0.3 is 42.6 Å². The molecule has 3 heterocycles. The molecule has 0 radical (unpaired) electrons. The molecule has 0 unspecified atom stereocenters. The van der Waals surface area contributed by atoms with E-state index in [0.29, 0.717) is 41.2 Å². The van der Waals surface area contributed by atoms with Crippen molar-refractivity contribution in [1.29, 1.82) is 0 Å². The molecule has 12 aromatic rings. The van der Waals surface area contributed by atoms with Crippen LogP contribution in [0.4, 0.5) is 31.4 Å². The quantitative estimate of drug-likeness (QED) is 0.0100. The first kappa shape index (κ1) is 78.5. The number of nitrogens with one attached hydrogen (secondary N) is 1. The second kappa shape index (κ2) is 41.0. The first-order valence-electron chi connectivity index (χ1n) is 31.9. The molecule has 0 aliphatic rings. The molecule has 554 valence electrons. The van der Waals surface area contributed by atoms with Crippen molar-refractivity contribution in [2.24, 2.45) is 0 Å². The predicted octanol–water partition coefficient (Wildman–Crippen LogP) is 11.4. The number of benzene rings is 9. The van der Waals surface area contributed by atoms with Crippen LogP contribution in [-0.4, -0.2) is 117 Å². The lowest BCUT2D eigenvalue weighted by molar-refractivity contribution is -0.385. The van der Waals surface area contributed by atoms with Crippen LogP contribution in [0.2, 0.25) is 0 Å². The topological polar surface area (TPSA) is 457 Å². The number of rotatable bonds is 26. The molecule has 109 heavy (non-hydrogen) atoms. The van der Waals surface area contributed by atoms with Gasteiger partial charge in [0.25, 0.3) is 17.1 Å². The maximum Gasteiger partial charge on any atom is 0.519 e. The Labute approximate surface area is 629 Å². The Morgan fingerprint density at radius 1 is 0.376 bits per heavy atom. The van der Waals surface area contributed by atoms with Gasteiger partial charge in [0, 0.05) is 55.7 Å². The van der Waals surface area contributed by atoms with Crippen LogP contribution in [0.25, 0.3) is 0 Å². The molecule has 0 aliphatic heterocycles. The second-order valence-electron chi connectivity index (χ2n) is 22.0. The minimum atomic E-state index is -1.01. The Kier molecular flexibility index (Phi) is 29.5. The van der Waals surface area contributed by atoms with E-state index in [1.807, 2.05) is 114 Å². The lowest BCUT2D eigenvalue weighted by Gasteiger charge is -2.08. The van der Waals surface area contributed by atoms with Crippen molar-refractivity contribution in [2.45, 2.75) is 52.0 Å². The number of H-pyrrole nitrogens is 1. The fourth-order valence-electron chi connectivity index (χ4n) is 9.00. The van der Waals surface area contributed by atoms with Crippen molar-refractivity contribution >= 4 is 76.0 Å². The normalized spacial score (nSPS) is 10.3. The lowest BCUT2D eigenvalue weighted by Crippen LogP contribution is -2.15. The number of esters is 3. The number of carbonyl (C=O) groups excluding carboxylic acids is 6. The summed E-state index contributed by atoms with van der Waals surface area (Å²) in [6.45, 7) is -0.292. The van der Waals surface area contributed by atoms with E-state index in [1.165, 1.54) is 124 Å². The number of halogens is 1. The minimum Gasteiger partial charge on any atom is -0.455 e. The van der Waals surface area contributed by atoms with Crippen molar-refractivity contribution < 1.29 is 86.2 Å². The van der Waals surface area contributed by atoms with Gasteiger partial charge in [0.15, 0.2) is 24.2 Å². The van der Waals surface area contributed by atoms with Crippen LogP contribution in [0.3, 0.4) is 0 Å². The molecule has 36 nitrogen and oxygen atoms in total. The number of alkyl halides is 1. The minimum absolute atomic E-state index is 0.0103. The molecule has 1 N–H and O–H groups in total. The molecule has 0 amide bonds. The predicted molar refractivity (Wildman–Crippen MR) is 384 cm³/mol. The van der Waals surface area contributed by atoms with Crippen LogP contribution in [0.15, 0.2) is 237 Å². The fraction of sp³-hybridized carbons (Fsp3) is 0.125. The monoisotopic (exact) mass is 1600 g/mol. The Morgan fingerprint density at radius 3 is 1.06 bits per heavy atom. The molecule has 9 aromatic carbocycles. The number of nitrogens with zero attached hydrogens (tertiary/aromatic N) is 14. The summed E-state index contributed by atoms with van der Waals surface area (Å²) >= 11 is 1.93. The molecule has 0 atom stereocenters. The highest BCUT2D eigenvalue weighted by Crippen LogP contribution is 2.24. The Hall–Kier alpha value is -14.7. The van der Waals surface area contributed by atoms with Gasteiger partial charge in [-0.2, -0.15) is 9.90 Å². The van der Waals surface area contributed by atoms with E-state index in [1.54, 1.807) is 36.4 Å². The van der Waals surface area contributed by atoms with Crippen molar-refractivity contribution in [3.8, 4) is 34.5 Å². The average molecular weight is 1600 g/mol. The maximum absolute atomic E-state index is 12.3. The lowest BCUT2D eigenvalue weighted by atomic mass is 10.1. The molecule has 0 saturated heterocycles. The highest BCUT2D eigenvalue weighted by Gasteiger charge is 2.18. The van der Waals surface area contributed by atoms with Gasteiger partial charge in [0.05, 0.1) is 34.0 Å². The fourth-order valence-corrected chi connectivity index (χ4v) is 9.34. The third kappa shape index (κ3) is 27.5. The Morgan fingerprint density at radius 2 is 0.716 bits per heavy atom. The van der Waals surface area contributed by atoms with Crippen LogP contribution in [0.1, 0.15) is 50.9 Å². The summed E-state index contributed by atoms with van der Waals surface area (Å²) in [6.07, 6.45) is -1.15. The number of tetrazole rings is 3. The third-order valence-electron chi connectivity index (χ3n) is 14.2. The Balaban J connectivity index is 0.000000177. The molecule has 37 heteroatoms. The molecule has 0 aliphatic carbocycles. The van der Waals surface area contributed by atoms with Gasteiger partial charge in [-0.3, -0.25) is 44.7 Å². The number of hydrogen-bond acceptors (Lipinski definition) is 30. The molecular weight excluding hydrogens is 1540 g/mol. The summed E-state index contributed by atoms with van der Waals surface area (Å²) in [7, 11) is 0. The van der Waals surface area contributed by atoms with Gasteiger partial charge >= 0.3 is 36.4 Å². The molecular formula is C72H58IN15O21. The van der Waals surface area contributed by atoms with Gasteiger partial charge in [-0.1, -0.05) is 133 Å². The zero-order valence-corrected chi connectivity index (χ0v) is 58.8. The second-order valence-corrected chi connectivity index (χ2v) is 22.6. The van der Waals surface area contributed by atoms with Crippen molar-refractivity contribution in [3.63, 3.8) is 0 Å². The van der Waals surface area contributed by atoms with E-state index in [2.05, 4.69) is 51.6 Å². The number of aromatic amines is 1.